The van der Waals surface area contributed by atoms with Crippen LogP contribution < -0.4 is 5.32 Å². The van der Waals surface area contributed by atoms with Gasteiger partial charge in [0.25, 0.3) is 0 Å². The second-order valence-electron chi connectivity index (χ2n) is 4.76. The van der Waals surface area contributed by atoms with Crippen molar-refractivity contribution in [3.63, 3.8) is 0 Å². The van der Waals surface area contributed by atoms with Gasteiger partial charge in [0.1, 0.15) is 0 Å². The number of carbonyl (C=O) groups is 1. The summed E-state index contributed by atoms with van der Waals surface area (Å²) in [6, 6.07) is 10.9. The van der Waals surface area contributed by atoms with Crippen LogP contribution in [0.3, 0.4) is 0 Å². The van der Waals surface area contributed by atoms with E-state index in [2.05, 4.69) is 41.4 Å². The molecule has 1 amide bonds. The van der Waals surface area contributed by atoms with E-state index in [9.17, 15) is 4.79 Å². The molecule has 1 aliphatic rings. The van der Waals surface area contributed by atoms with Gasteiger partial charge in [0.15, 0.2) is 0 Å². The molecular weight excluding hydrogens is 228 g/mol. The molecule has 1 aromatic rings. The first-order chi connectivity index (χ1) is 8.70. The summed E-state index contributed by atoms with van der Waals surface area (Å²) in [4.78, 5) is 13.0. The first-order valence-corrected chi connectivity index (χ1v) is 6.49. The summed E-state index contributed by atoms with van der Waals surface area (Å²) in [6.07, 6.45) is 1.02. The molecule has 98 valence electrons. The number of amides is 1. The van der Waals surface area contributed by atoms with Crippen LogP contribution in [0, 0.1) is 0 Å². The number of benzene rings is 1. The van der Waals surface area contributed by atoms with E-state index in [0.29, 0.717) is 6.04 Å². The predicted molar refractivity (Wildman–Crippen MR) is 70.6 cm³/mol. The second kappa shape index (κ2) is 5.87. The van der Waals surface area contributed by atoms with E-state index in [4.69, 9.17) is 5.11 Å². The van der Waals surface area contributed by atoms with Crippen LogP contribution in [-0.2, 0) is 0 Å². The number of nitrogens with one attached hydrogen (secondary N) is 1. The number of hydrogen-bond acceptors (Lipinski definition) is 2. The third kappa shape index (κ3) is 3.01. The molecule has 1 saturated heterocycles. The molecule has 2 rings (SSSR count). The Morgan fingerprint density at radius 2 is 2.22 bits per heavy atom. The quantitative estimate of drug-likeness (QED) is 0.860. The van der Waals surface area contributed by atoms with Gasteiger partial charge >= 0.3 is 6.09 Å². The monoisotopic (exact) mass is 248 g/mol. The van der Waals surface area contributed by atoms with Crippen molar-refractivity contribution in [2.75, 3.05) is 13.1 Å². The van der Waals surface area contributed by atoms with Crippen LogP contribution in [0.5, 0.6) is 0 Å². The molecule has 2 atom stereocenters. The highest BCUT2D eigenvalue weighted by Crippen LogP contribution is 2.27. The smallest absolute Gasteiger partial charge is 0.404 e. The Kier molecular flexibility index (Phi) is 4.20. The lowest BCUT2D eigenvalue weighted by Crippen LogP contribution is -2.36. The van der Waals surface area contributed by atoms with Gasteiger partial charge in [-0.05, 0) is 18.4 Å². The maximum Gasteiger partial charge on any atom is 0.404 e. The van der Waals surface area contributed by atoms with Crippen LogP contribution in [-0.4, -0.2) is 35.2 Å². The topological polar surface area (TPSA) is 52.6 Å². The molecular formula is C14H20N2O2. The zero-order chi connectivity index (χ0) is 13.0. The summed E-state index contributed by atoms with van der Waals surface area (Å²) < 4.78 is 0. The van der Waals surface area contributed by atoms with Crippen LogP contribution in [0.4, 0.5) is 4.79 Å². The molecule has 0 unspecified atom stereocenters. The molecule has 0 aliphatic carbocycles. The lowest BCUT2D eigenvalue weighted by Gasteiger charge is -2.27. The molecule has 0 spiro atoms. The van der Waals surface area contributed by atoms with Crippen LogP contribution in [0.2, 0.25) is 0 Å². The third-order valence-corrected chi connectivity index (χ3v) is 3.56. The molecule has 4 heteroatoms. The Labute approximate surface area is 108 Å². The summed E-state index contributed by atoms with van der Waals surface area (Å²) in [5, 5.41) is 11.3. The molecule has 1 heterocycles. The average Bonchev–Trinajstić information content (AvgIpc) is 2.79. The van der Waals surface area contributed by atoms with Gasteiger partial charge in [0, 0.05) is 25.2 Å². The molecule has 1 aliphatic heterocycles. The molecule has 2 N–H and O–H groups in total. The first-order valence-electron chi connectivity index (χ1n) is 6.49. The highest BCUT2D eigenvalue weighted by atomic mass is 16.4. The zero-order valence-electron chi connectivity index (χ0n) is 10.7. The van der Waals surface area contributed by atoms with E-state index in [1.54, 1.807) is 0 Å². The number of nitrogens with zero attached hydrogens (tertiary/aromatic N) is 1. The van der Waals surface area contributed by atoms with Gasteiger partial charge in [-0.15, -0.1) is 0 Å². The summed E-state index contributed by atoms with van der Waals surface area (Å²) in [5.41, 5.74) is 1.32. The van der Waals surface area contributed by atoms with E-state index >= 15 is 0 Å². The van der Waals surface area contributed by atoms with Crippen molar-refractivity contribution in [1.29, 1.82) is 0 Å². The number of likely N-dealkylation sites (tertiary alicyclic amines) is 1. The van der Waals surface area contributed by atoms with Gasteiger partial charge in [-0.25, -0.2) is 4.79 Å². The maximum atomic E-state index is 10.6. The fraction of sp³-hybridized carbons (Fsp3) is 0.500. The minimum atomic E-state index is -0.922. The lowest BCUT2D eigenvalue weighted by molar-refractivity contribution is 0.187. The normalized spacial score (nSPS) is 21.7. The number of rotatable bonds is 4. The lowest BCUT2D eigenvalue weighted by atomic mass is 10.0. The van der Waals surface area contributed by atoms with Crippen LogP contribution in [0.25, 0.3) is 0 Å². The van der Waals surface area contributed by atoms with Crippen molar-refractivity contribution in [1.82, 2.24) is 10.2 Å². The average molecular weight is 248 g/mol. The summed E-state index contributed by atoms with van der Waals surface area (Å²) in [6.45, 7) is 3.94. The molecule has 0 saturated carbocycles. The molecule has 1 fully saturated rings. The van der Waals surface area contributed by atoms with E-state index < -0.39 is 6.09 Å². The largest absolute Gasteiger partial charge is 0.465 e. The van der Waals surface area contributed by atoms with Crippen molar-refractivity contribution in [3.05, 3.63) is 35.9 Å². The first kappa shape index (κ1) is 12.9. The van der Waals surface area contributed by atoms with Gasteiger partial charge in [-0.3, -0.25) is 4.90 Å². The summed E-state index contributed by atoms with van der Waals surface area (Å²) in [5.74, 6) is 0. The van der Waals surface area contributed by atoms with Crippen molar-refractivity contribution < 1.29 is 9.90 Å². The Balaban J connectivity index is 2.00. The Morgan fingerprint density at radius 1 is 1.50 bits per heavy atom. The SMILES string of the molecule is CC[C@H](c1ccccc1)N1CC[C@H](NC(=O)O)C1. The maximum absolute atomic E-state index is 10.6. The van der Waals surface area contributed by atoms with Gasteiger partial charge < -0.3 is 10.4 Å². The fourth-order valence-corrected chi connectivity index (χ4v) is 2.74. The van der Waals surface area contributed by atoms with Crippen LogP contribution in [0.1, 0.15) is 31.4 Å². The minimum absolute atomic E-state index is 0.0697. The van der Waals surface area contributed by atoms with E-state index in [-0.39, 0.29) is 6.04 Å². The third-order valence-electron chi connectivity index (χ3n) is 3.56. The van der Waals surface area contributed by atoms with E-state index in [1.807, 2.05) is 6.07 Å². The van der Waals surface area contributed by atoms with E-state index in [0.717, 1.165) is 25.9 Å². The van der Waals surface area contributed by atoms with Gasteiger partial charge in [0.2, 0.25) is 0 Å². The summed E-state index contributed by atoms with van der Waals surface area (Å²) in [7, 11) is 0. The Morgan fingerprint density at radius 3 is 2.83 bits per heavy atom. The van der Waals surface area contributed by atoms with Crippen molar-refractivity contribution >= 4 is 6.09 Å². The zero-order valence-corrected chi connectivity index (χ0v) is 10.7. The van der Waals surface area contributed by atoms with Crippen molar-refractivity contribution in [2.24, 2.45) is 0 Å². The van der Waals surface area contributed by atoms with Crippen LogP contribution >= 0.6 is 0 Å². The molecule has 0 radical (unpaired) electrons. The number of carboxylic acid groups (broad SMARTS) is 1. The van der Waals surface area contributed by atoms with Crippen LogP contribution in [0.15, 0.2) is 30.3 Å². The summed E-state index contributed by atoms with van der Waals surface area (Å²) >= 11 is 0. The molecule has 18 heavy (non-hydrogen) atoms. The molecule has 1 aromatic carbocycles. The Hall–Kier alpha value is -1.55. The second-order valence-corrected chi connectivity index (χ2v) is 4.76. The molecule has 0 bridgehead atoms. The highest BCUT2D eigenvalue weighted by Gasteiger charge is 2.28. The predicted octanol–water partition coefficient (Wildman–Crippen LogP) is 2.48. The Bertz CT molecular complexity index is 394. The van der Waals surface area contributed by atoms with Gasteiger partial charge in [0.05, 0.1) is 0 Å². The fourth-order valence-electron chi connectivity index (χ4n) is 2.74. The highest BCUT2D eigenvalue weighted by molar-refractivity contribution is 5.64. The van der Waals surface area contributed by atoms with E-state index in [1.165, 1.54) is 5.56 Å². The van der Waals surface area contributed by atoms with Gasteiger partial charge in [-0.1, -0.05) is 37.3 Å². The molecule has 0 aromatic heterocycles. The molecule has 4 nitrogen and oxygen atoms in total. The standard InChI is InChI=1S/C14H20N2O2/c1-2-13(11-6-4-3-5-7-11)16-9-8-12(10-16)15-14(17)18/h3-7,12-13,15H,2,8-10H2,1H3,(H,17,18)/t12-,13+/m0/s1. The van der Waals surface area contributed by atoms with Gasteiger partial charge in [-0.2, -0.15) is 0 Å². The number of hydrogen-bond donors (Lipinski definition) is 2. The van der Waals surface area contributed by atoms with Crippen molar-refractivity contribution in [3.8, 4) is 0 Å². The minimum Gasteiger partial charge on any atom is -0.465 e. The van der Waals surface area contributed by atoms with Crippen molar-refractivity contribution in [2.45, 2.75) is 31.8 Å².